The molecule has 0 aliphatic rings. The van der Waals surface area contributed by atoms with Crippen LogP contribution in [0.25, 0.3) is 0 Å². The van der Waals surface area contributed by atoms with E-state index >= 15 is 0 Å². The lowest BCUT2D eigenvalue weighted by atomic mass is 10.3. The third-order valence-corrected chi connectivity index (χ3v) is 2.70. The van der Waals surface area contributed by atoms with E-state index in [9.17, 15) is 4.79 Å². The normalized spacial score (nSPS) is 10.2. The molecule has 0 aromatic carbocycles. The van der Waals surface area contributed by atoms with Crippen LogP contribution in [0.2, 0.25) is 0 Å². The molecule has 3 N–H and O–H groups in total. The van der Waals surface area contributed by atoms with Crippen LogP contribution in [-0.4, -0.2) is 49.2 Å². The van der Waals surface area contributed by atoms with Gasteiger partial charge in [0.2, 0.25) is 5.91 Å². The first-order valence-corrected chi connectivity index (χ1v) is 6.74. The van der Waals surface area contributed by atoms with Crippen LogP contribution in [0.3, 0.4) is 0 Å². The number of rotatable bonds is 9. The van der Waals surface area contributed by atoms with Gasteiger partial charge in [0.05, 0.1) is 6.61 Å². The fourth-order valence-corrected chi connectivity index (χ4v) is 1.65. The van der Waals surface area contributed by atoms with Gasteiger partial charge in [0, 0.05) is 38.7 Å². The summed E-state index contributed by atoms with van der Waals surface area (Å²) in [7, 11) is 1.60. The number of hydrogen-bond acceptors (Lipinski definition) is 6. The molecule has 1 rings (SSSR count). The molecule has 0 atom stereocenters. The molecular formula is C13H23N5O2. The Kier molecular flexibility index (Phi) is 7.34. The number of carbonyl (C=O) groups excluding carboxylic acids is 1. The van der Waals surface area contributed by atoms with Crippen molar-refractivity contribution in [3.05, 3.63) is 11.9 Å². The Hall–Kier alpha value is -1.89. The second-order valence-corrected chi connectivity index (χ2v) is 4.25. The Morgan fingerprint density at radius 1 is 1.25 bits per heavy atom. The van der Waals surface area contributed by atoms with Gasteiger partial charge < -0.3 is 20.7 Å². The predicted octanol–water partition coefficient (Wildman–Crippen LogP) is 0.781. The smallest absolute Gasteiger partial charge is 0.221 e. The number of amides is 1. The summed E-state index contributed by atoms with van der Waals surface area (Å²) in [5, 5.41) is 9.08. The molecule has 1 amide bonds. The number of ether oxygens (including phenoxy) is 1. The molecule has 0 aliphatic carbocycles. The molecule has 0 saturated carbocycles. The summed E-state index contributed by atoms with van der Waals surface area (Å²) in [4.78, 5) is 19.9. The van der Waals surface area contributed by atoms with Gasteiger partial charge in [-0.3, -0.25) is 4.79 Å². The van der Waals surface area contributed by atoms with E-state index in [1.54, 1.807) is 7.11 Å². The van der Waals surface area contributed by atoms with E-state index < -0.39 is 0 Å². The molecule has 0 spiro atoms. The van der Waals surface area contributed by atoms with Crippen molar-refractivity contribution < 1.29 is 9.53 Å². The standard InChI is InChI=1S/C13H23N5O2/c1-4-14-12-10(2)13(18-9-17-12)16-6-5-11(19)15-7-8-20-3/h9H,4-8H2,1-3H3,(H,15,19)(H2,14,16,17,18). The average Bonchev–Trinajstić information content (AvgIpc) is 2.43. The number of carbonyl (C=O) groups is 1. The minimum atomic E-state index is -0.00633. The van der Waals surface area contributed by atoms with Crippen molar-refractivity contribution in [2.24, 2.45) is 0 Å². The summed E-state index contributed by atoms with van der Waals surface area (Å²) >= 11 is 0. The predicted molar refractivity (Wildman–Crippen MR) is 78.9 cm³/mol. The molecular weight excluding hydrogens is 258 g/mol. The third-order valence-electron chi connectivity index (χ3n) is 2.70. The maximum absolute atomic E-state index is 11.5. The van der Waals surface area contributed by atoms with E-state index in [1.807, 2.05) is 13.8 Å². The second kappa shape index (κ2) is 9.08. The second-order valence-electron chi connectivity index (χ2n) is 4.25. The lowest BCUT2D eigenvalue weighted by Gasteiger charge is -2.11. The number of nitrogens with zero attached hydrogens (tertiary/aromatic N) is 2. The Balaban J connectivity index is 2.38. The molecule has 7 heteroatoms. The first kappa shape index (κ1) is 16.2. The van der Waals surface area contributed by atoms with Gasteiger partial charge in [-0.1, -0.05) is 0 Å². The van der Waals surface area contributed by atoms with E-state index in [0.717, 1.165) is 23.7 Å². The SMILES string of the molecule is CCNc1ncnc(NCCC(=O)NCCOC)c1C. The summed E-state index contributed by atoms with van der Waals surface area (Å²) < 4.78 is 4.86. The first-order valence-electron chi connectivity index (χ1n) is 6.74. The number of nitrogens with one attached hydrogen (secondary N) is 3. The van der Waals surface area contributed by atoms with Gasteiger partial charge in [0.15, 0.2) is 0 Å². The van der Waals surface area contributed by atoms with Crippen LogP contribution >= 0.6 is 0 Å². The Morgan fingerprint density at radius 3 is 2.60 bits per heavy atom. The topological polar surface area (TPSA) is 88.2 Å². The van der Waals surface area contributed by atoms with Gasteiger partial charge >= 0.3 is 0 Å². The molecule has 0 radical (unpaired) electrons. The van der Waals surface area contributed by atoms with Crippen molar-refractivity contribution in [2.45, 2.75) is 20.3 Å². The fraction of sp³-hybridized carbons (Fsp3) is 0.615. The zero-order valence-electron chi connectivity index (χ0n) is 12.3. The summed E-state index contributed by atoms with van der Waals surface area (Å²) in [5.41, 5.74) is 0.953. The summed E-state index contributed by atoms with van der Waals surface area (Å²) in [5.74, 6) is 1.56. The maximum atomic E-state index is 11.5. The Labute approximate surface area is 119 Å². The maximum Gasteiger partial charge on any atom is 0.221 e. The highest BCUT2D eigenvalue weighted by molar-refractivity contribution is 5.76. The molecule has 7 nitrogen and oxygen atoms in total. The van der Waals surface area contributed by atoms with Crippen molar-refractivity contribution in [3.8, 4) is 0 Å². The summed E-state index contributed by atoms with van der Waals surface area (Å²) in [6, 6.07) is 0. The molecule has 1 aromatic heterocycles. The van der Waals surface area contributed by atoms with Gasteiger partial charge in [0.1, 0.15) is 18.0 Å². The monoisotopic (exact) mass is 281 g/mol. The third kappa shape index (κ3) is 5.40. The van der Waals surface area contributed by atoms with Crippen LogP contribution in [0, 0.1) is 6.92 Å². The molecule has 0 aliphatic heterocycles. The molecule has 1 heterocycles. The minimum absolute atomic E-state index is 0.00633. The van der Waals surface area contributed by atoms with Crippen LogP contribution in [0.4, 0.5) is 11.6 Å². The van der Waals surface area contributed by atoms with Crippen molar-refractivity contribution >= 4 is 17.5 Å². The quantitative estimate of drug-likeness (QED) is 0.580. The highest BCUT2D eigenvalue weighted by atomic mass is 16.5. The van der Waals surface area contributed by atoms with Gasteiger partial charge in [-0.2, -0.15) is 0 Å². The molecule has 0 saturated heterocycles. The zero-order chi connectivity index (χ0) is 14.8. The number of anilines is 2. The summed E-state index contributed by atoms with van der Waals surface area (Å²) in [6.07, 6.45) is 1.90. The highest BCUT2D eigenvalue weighted by Crippen LogP contribution is 2.17. The average molecular weight is 281 g/mol. The highest BCUT2D eigenvalue weighted by Gasteiger charge is 2.06. The number of hydrogen-bond donors (Lipinski definition) is 3. The summed E-state index contributed by atoms with van der Waals surface area (Å²) in [6.45, 7) is 6.35. The molecule has 112 valence electrons. The molecule has 0 bridgehead atoms. The minimum Gasteiger partial charge on any atom is -0.383 e. The lowest BCUT2D eigenvalue weighted by molar-refractivity contribution is -0.121. The molecule has 1 aromatic rings. The van der Waals surface area contributed by atoms with Crippen molar-refractivity contribution in [1.82, 2.24) is 15.3 Å². The first-order chi connectivity index (χ1) is 9.69. The van der Waals surface area contributed by atoms with Crippen LogP contribution < -0.4 is 16.0 Å². The van der Waals surface area contributed by atoms with E-state index in [0.29, 0.717) is 26.1 Å². The Morgan fingerprint density at radius 2 is 1.95 bits per heavy atom. The Bertz CT molecular complexity index is 425. The van der Waals surface area contributed by atoms with Crippen LogP contribution in [0.1, 0.15) is 18.9 Å². The van der Waals surface area contributed by atoms with Crippen molar-refractivity contribution in [2.75, 3.05) is 44.0 Å². The van der Waals surface area contributed by atoms with Crippen LogP contribution in [0.15, 0.2) is 6.33 Å². The van der Waals surface area contributed by atoms with Gasteiger partial charge in [0.25, 0.3) is 0 Å². The van der Waals surface area contributed by atoms with E-state index in [4.69, 9.17) is 4.74 Å². The van der Waals surface area contributed by atoms with Crippen molar-refractivity contribution in [3.63, 3.8) is 0 Å². The lowest BCUT2D eigenvalue weighted by Crippen LogP contribution is -2.28. The van der Waals surface area contributed by atoms with E-state index in [2.05, 4.69) is 25.9 Å². The van der Waals surface area contributed by atoms with Gasteiger partial charge in [-0.15, -0.1) is 0 Å². The fourth-order valence-electron chi connectivity index (χ4n) is 1.65. The molecule has 0 fully saturated rings. The number of aromatic nitrogens is 2. The van der Waals surface area contributed by atoms with Crippen LogP contribution in [0.5, 0.6) is 0 Å². The van der Waals surface area contributed by atoms with Crippen molar-refractivity contribution in [1.29, 1.82) is 0 Å². The van der Waals surface area contributed by atoms with E-state index in [1.165, 1.54) is 6.33 Å². The largest absolute Gasteiger partial charge is 0.383 e. The van der Waals surface area contributed by atoms with Gasteiger partial charge in [-0.05, 0) is 13.8 Å². The number of methoxy groups -OCH3 is 1. The zero-order valence-corrected chi connectivity index (χ0v) is 12.3. The molecule has 0 unspecified atom stereocenters. The molecule has 20 heavy (non-hydrogen) atoms. The van der Waals surface area contributed by atoms with Crippen LogP contribution in [-0.2, 0) is 9.53 Å². The van der Waals surface area contributed by atoms with E-state index in [-0.39, 0.29) is 5.91 Å². The van der Waals surface area contributed by atoms with Gasteiger partial charge in [-0.25, -0.2) is 9.97 Å².